The Morgan fingerprint density at radius 2 is 1.91 bits per heavy atom. The van der Waals surface area contributed by atoms with Crippen LogP contribution in [0, 0.1) is 0 Å². The smallest absolute Gasteiger partial charge is 0.255 e. The van der Waals surface area contributed by atoms with Gasteiger partial charge in [0, 0.05) is 30.7 Å². The number of nitrogens with one attached hydrogen (secondary N) is 1. The van der Waals surface area contributed by atoms with Gasteiger partial charge in [-0.3, -0.25) is 9.59 Å². The number of nitrogens with zero attached hydrogens (tertiary/aromatic N) is 1. The van der Waals surface area contributed by atoms with Crippen LogP contribution in [-0.4, -0.2) is 48.5 Å². The number of fused-ring (bicyclic) bond motifs is 2. The average molecular weight is 303 g/mol. The fraction of sp³-hybridized carbons (Fsp3) is 0.500. The molecule has 118 valence electrons. The van der Waals surface area contributed by atoms with Crippen LogP contribution in [0.3, 0.4) is 0 Å². The fourth-order valence-corrected chi connectivity index (χ4v) is 3.16. The van der Waals surface area contributed by atoms with Crippen LogP contribution in [0.25, 0.3) is 0 Å². The first kappa shape index (κ1) is 14.8. The zero-order valence-corrected chi connectivity index (χ0v) is 12.5. The maximum atomic E-state index is 12.6. The van der Waals surface area contributed by atoms with Crippen molar-refractivity contribution in [3.8, 4) is 5.75 Å². The van der Waals surface area contributed by atoms with Gasteiger partial charge in [-0.25, -0.2) is 0 Å². The highest BCUT2D eigenvalue weighted by atomic mass is 16.5. The lowest BCUT2D eigenvalue weighted by Crippen LogP contribution is -2.39. The number of carbonyl (C=O) groups is 2. The standard InChI is InChI=1S/C16H21N3O3/c17-15(20)10-22-14-5-1-11(2-6-14)16(21)19-8-7-12-3-4-13(9-19)18-12/h1-2,5-6,12-13,18H,3-4,7-10H2,(H2,17,20). The zero-order valence-electron chi connectivity index (χ0n) is 12.5. The minimum atomic E-state index is -0.521. The second kappa shape index (κ2) is 6.36. The Bertz CT molecular complexity index is 558. The molecule has 2 aliphatic rings. The van der Waals surface area contributed by atoms with Gasteiger partial charge in [0.1, 0.15) is 5.75 Å². The molecule has 0 aromatic heterocycles. The number of likely N-dealkylation sites (tertiary alicyclic amines) is 1. The van der Waals surface area contributed by atoms with Crippen LogP contribution < -0.4 is 15.8 Å². The van der Waals surface area contributed by atoms with Crippen LogP contribution in [0.15, 0.2) is 24.3 Å². The number of nitrogens with two attached hydrogens (primary N) is 1. The molecule has 6 heteroatoms. The molecule has 0 spiro atoms. The number of ether oxygens (including phenoxy) is 1. The quantitative estimate of drug-likeness (QED) is 0.849. The summed E-state index contributed by atoms with van der Waals surface area (Å²) >= 11 is 0. The Hall–Kier alpha value is -2.08. The summed E-state index contributed by atoms with van der Waals surface area (Å²) in [5, 5.41) is 3.57. The van der Waals surface area contributed by atoms with E-state index in [0.29, 0.717) is 23.4 Å². The van der Waals surface area contributed by atoms with E-state index in [4.69, 9.17) is 10.5 Å². The van der Waals surface area contributed by atoms with Gasteiger partial charge in [-0.1, -0.05) is 0 Å². The Labute approximate surface area is 129 Å². The number of rotatable bonds is 4. The third kappa shape index (κ3) is 3.39. The number of carbonyl (C=O) groups excluding carboxylic acids is 2. The number of hydrogen-bond acceptors (Lipinski definition) is 4. The van der Waals surface area contributed by atoms with E-state index >= 15 is 0 Å². The van der Waals surface area contributed by atoms with Crippen molar-refractivity contribution in [2.75, 3.05) is 19.7 Å². The highest BCUT2D eigenvalue weighted by Gasteiger charge is 2.31. The molecule has 2 fully saturated rings. The third-order valence-electron chi connectivity index (χ3n) is 4.29. The van der Waals surface area contributed by atoms with Gasteiger partial charge < -0.3 is 20.7 Å². The maximum Gasteiger partial charge on any atom is 0.255 e. The van der Waals surface area contributed by atoms with E-state index in [-0.39, 0.29) is 12.5 Å². The molecule has 0 aliphatic carbocycles. The van der Waals surface area contributed by atoms with Crippen LogP contribution >= 0.6 is 0 Å². The first-order chi connectivity index (χ1) is 10.6. The second-order valence-corrected chi connectivity index (χ2v) is 5.96. The topological polar surface area (TPSA) is 84.7 Å². The molecule has 22 heavy (non-hydrogen) atoms. The number of hydrogen-bond donors (Lipinski definition) is 2. The van der Waals surface area contributed by atoms with E-state index in [2.05, 4.69) is 5.32 Å². The van der Waals surface area contributed by atoms with E-state index in [9.17, 15) is 9.59 Å². The molecule has 2 saturated heterocycles. The molecule has 0 radical (unpaired) electrons. The van der Waals surface area contributed by atoms with Crippen molar-refractivity contribution in [3.05, 3.63) is 29.8 Å². The maximum absolute atomic E-state index is 12.6. The predicted octanol–water partition coefficient (Wildman–Crippen LogP) is 0.517. The average Bonchev–Trinajstić information content (AvgIpc) is 2.84. The summed E-state index contributed by atoms with van der Waals surface area (Å²) in [6, 6.07) is 7.84. The molecular formula is C16H21N3O3. The summed E-state index contributed by atoms with van der Waals surface area (Å²) in [5.41, 5.74) is 5.67. The normalized spacial score (nSPS) is 23.9. The Morgan fingerprint density at radius 1 is 1.18 bits per heavy atom. The van der Waals surface area contributed by atoms with Gasteiger partial charge in [-0.05, 0) is 43.5 Å². The van der Waals surface area contributed by atoms with Crippen LogP contribution in [0.4, 0.5) is 0 Å². The summed E-state index contributed by atoms with van der Waals surface area (Å²) in [6.45, 7) is 1.41. The summed E-state index contributed by atoms with van der Waals surface area (Å²) < 4.78 is 5.20. The van der Waals surface area contributed by atoms with Gasteiger partial charge in [-0.2, -0.15) is 0 Å². The van der Waals surface area contributed by atoms with Crippen molar-refractivity contribution < 1.29 is 14.3 Å². The molecule has 1 aromatic carbocycles. The van der Waals surface area contributed by atoms with E-state index in [1.807, 2.05) is 4.90 Å². The Balaban J connectivity index is 1.63. The lowest BCUT2D eigenvalue weighted by molar-refractivity contribution is -0.119. The van der Waals surface area contributed by atoms with Crippen molar-refractivity contribution in [1.82, 2.24) is 10.2 Å². The first-order valence-electron chi connectivity index (χ1n) is 7.68. The minimum absolute atomic E-state index is 0.0517. The SMILES string of the molecule is NC(=O)COc1ccc(C(=O)N2CCC3CCC(C2)N3)cc1. The van der Waals surface area contributed by atoms with Gasteiger partial charge in [0.15, 0.2) is 6.61 Å². The van der Waals surface area contributed by atoms with Crippen LogP contribution in [0.2, 0.25) is 0 Å². The lowest BCUT2D eigenvalue weighted by Gasteiger charge is -2.24. The van der Waals surface area contributed by atoms with Crippen LogP contribution in [0.1, 0.15) is 29.6 Å². The molecule has 2 heterocycles. The predicted molar refractivity (Wildman–Crippen MR) is 81.6 cm³/mol. The Morgan fingerprint density at radius 3 is 2.64 bits per heavy atom. The molecule has 3 rings (SSSR count). The molecule has 0 saturated carbocycles. The van der Waals surface area contributed by atoms with Crippen molar-refractivity contribution in [2.45, 2.75) is 31.3 Å². The summed E-state index contributed by atoms with van der Waals surface area (Å²) in [6.07, 6.45) is 3.38. The monoisotopic (exact) mass is 303 g/mol. The van der Waals surface area contributed by atoms with Crippen molar-refractivity contribution >= 4 is 11.8 Å². The third-order valence-corrected chi connectivity index (χ3v) is 4.29. The van der Waals surface area contributed by atoms with Crippen LogP contribution in [-0.2, 0) is 4.79 Å². The van der Waals surface area contributed by atoms with Crippen molar-refractivity contribution in [2.24, 2.45) is 5.73 Å². The van der Waals surface area contributed by atoms with Crippen molar-refractivity contribution in [3.63, 3.8) is 0 Å². The van der Waals surface area contributed by atoms with E-state index < -0.39 is 5.91 Å². The summed E-state index contributed by atoms with van der Waals surface area (Å²) in [4.78, 5) is 25.2. The van der Waals surface area contributed by atoms with Gasteiger partial charge in [0.25, 0.3) is 11.8 Å². The number of primary amides is 1. The molecule has 6 nitrogen and oxygen atoms in total. The van der Waals surface area contributed by atoms with Gasteiger partial charge in [0.05, 0.1) is 0 Å². The van der Waals surface area contributed by atoms with E-state index in [0.717, 1.165) is 25.9 Å². The summed E-state index contributed by atoms with van der Waals surface area (Å²) in [5.74, 6) is 0.0648. The van der Waals surface area contributed by atoms with Crippen LogP contribution in [0.5, 0.6) is 5.75 Å². The molecule has 2 bridgehead atoms. The van der Waals surface area contributed by atoms with E-state index in [1.54, 1.807) is 24.3 Å². The minimum Gasteiger partial charge on any atom is -0.484 e. The van der Waals surface area contributed by atoms with E-state index in [1.165, 1.54) is 6.42 Å². The molecule has 2 unspecified atom stereocenters. The highest BCUT2D eigenvalue weighted by molar-refractivity contribution is 5.94. The fourth-order valence-electron chi connectivity index (χ4n) is 3.16. The molecule has 1 aromatic rings. The zero-order chi connectivity index (χ0) is 15.5. The molecule has 2 aliphatic heterocycles. The molecular weight excluding hydrogens is 282 g/mol. The second-order valence-electron chi connectivity index (χ2n) is 5.96. The molecule has 2 amide bonds. The first-order valence-corrected chi connectivity index (χ1v) is 7.68. The Kier molecular flexibility index (Phi) is 4.29. The van der Waals surface area contributed by atoms with Gasteiger partial charge in [0.2, 0.25) is 0 Å². The number of benzene rings is 1. The van der Waals surface area contributed by atoms with Crippen molar-refractivity contribution in [1.29, 1.82) is 0 Å². The largest absolute Gasteiger partial charge is 0.484 e. The molecule has 2 atom stereocenters. The lowest BCUT2D eigenvalue weighted by atomic mass is 10.1. The van der Waals surface area contributed by atoms with Gasteiger partial charge in [-0.15, -0.1) is 0 Å². The van der Waals surface area contributed by atoms with Gasteiger partial charge >= 0.3 is 0 Å². The number of amides is 2. The highest BCUT2D eigenvalue weighted by Crippen LogP contribution is 2.22. The summed E-state index contributed by atoms with van der Waals surface area (Å²) in [7, 11) is 0. The molecule has 3 N–H and O–H groups in total.